The first-order valence-corrected chi connectivity index (χ1v) is 10.2. The number of rotatable bonds is 2. The highest BCUT2D eigenvalue weighted by Gasteiger charge is 2.37. The van der Waals surface area contributed by atoms with Crippen LogP contribution in [-0.4, -0.2) is 51.2 Å². The number of hydrogen-bond acceptors (Lipinski definition) is 5. The zero-order valence-corrected chi connectivity index (χ0v) is 18.5. The molecular formula is C23H30N2O5. The third kappa shape index (κ3) is 4.83. The van der Waals surface area contributed by atoms with Gasteiger partial charge in [0.2, 0.25) is 0 Å². The third-order valence-corrected chi connectivity index (χ3v) is 4.72. The van der Waals surface area contributed by atoms with Crippen LogP contribution in [-0.2, 0) is 14.3 Å². The predicted octanol–water partition coefficient (Wildman–Crippen LogP) is 4.37. The van der Waals surface area contributed by atoms with Crippen molar-refractivity contribution >= 4 is 28.9 Å². The lowest BCUT2D eigenvalue weighted by Gasteiger charge is -2.27. The van der Waals surface area contributed by atoms with Crippen molar-refractivity contribution in [2.24, 2.45) is 0 Å². The monoisotopic (exact) mass is 414 g/mol. The van der Waals surface area contributed by atoms with Crippen LogP contribution in [0.3, 0.4) is 0 Å². The summed E-state index contributed by atoms with van der Waals surface area (Å²) >= 11 is 0. The van der Waals surface area contributed by atoms with Gasteiger partial charge in [-0.3, -0.25) is 9.36 Å². The lowest BCUT2D eigenvalue weighted by molar-refractivity contribution is -0.159. The summed E-state index contributed by atoms with van der Waals surface area (Å²) in [5.74, 6) is -0.583. The smallest absolute Gasteiger partial charge is 0.418 e. The maximum absolute atomic E-state index is 13.1. The molecule has 0 spiro atoms. The van der Waals surface area contributed by atoms with Gasteiger partial charge in [0.25, 0.3) is 5.91 Å². The number of carbonyl (C=O) groups is 3. The van der Waals surface area contributed by atoms with Gasteiger partial charge < -0.3 is 14.4 Å². The number of ether oxygens (including phenoxy) is 2. The van der Waals surface area contributed by atoms with Gasteiger partial charge in [-0.15, -0.1) is 0 Å². The molecule has 0 unspecified atom stereocenters. The van der Waals surface area contributed by atoms with E-state index in [0.717, 1.165) is 11.8 Å². The summed E-state index contributed by atoms with van der Waals surface area (Å²) in [6, 6.07) is 6.34. The van der Waals surface area contributed by atoms with E-state index >= 15 is 0 Å². The fourth-order valence-corrected chi connectivity index (χ4v) is 3.54. The maximum atomic E-state index is 13.1. The number of aromatic nitrogens is 1. The van der Waals surface area contributed by atoms with E-state index in [4.69, 9.17) is 9.47 Å². The molecule has 7 nitrogen and oxygen atoms in total. The number of carbonyl (C=O) groups excluding carboxylic acids is 3. The molecule has 0 radical (unpaired) electrons. The van der Waals surface area contributed by atoms with Crippen LogP contribution in [0.5, 0.6) is 0 Å². The average Bonchev–Trinajstić information content (AvgIpc) is 3.24. The average molecular weight is 415 g/mol. The van der Waals surface area contributed by atoms with Gasteiger partial charge in [0.1, 0.15) is 17.2 Å². The van der Waals surface area contributed by atoms with Gasteiger partial charge in [-0.05, 0) is 78.6 Å². The number of fused-ring (bicyclic) bond motifs is 1. The molecule has 0 saturated carbocycles. The molecule has 1 aromatic heterocycles. The predicted molar refractivity (Wildman–Crippen MR) is 113 cm³/mol. The van der Waals surface area contributed by atoms with E-state index in [2.05, 4.69) is 0 Å². The van der Waals surface area contributed by atoms with E-state index < -0.39 is 23.3 Å². The van der Waals surface area contributed by atoms with E-state index in [0.29, 0.717) is 24.0 Å². The zero-order valence-electron chi connectivity index (χ0n) is 18.5. The van der Waals surface area contributed by atoms with Gasteiger partial charge in [0.15, 0.2) is 0 Å². The quantitative estimate of drug-likeness (QED) is 0.682. The second-order valence-corrected chi connectivity index (χ2v) is 9.63. The van der Waals surface area contributed by atoms with Gasteiger partial charge in [-0.2, -0.15) is 0 Å². The van der Waals surface area contributed by atoms with Gasteiger partial charge >= 0.3 is 12.1 Å². The zero-order chi connectivity index (χ0) is 22.3. The SMILES string of the molecule is CC(C)(C)OC(=O)[C@@H]1CCCN1C(=O)c1ccc2c(ccn2C(=O)OC(C)(C)C)c1. The highest BCUT2D eigenvalue weighted by molar-refractivity contribution is 6.01. The van der Waals surface area contributed by atoms with Crippen LogP contribution in [0, 0.1) is 0 Å². The van der Waals surface area contributed by atoms with Crippen molar-refractivity contribution in [1.29, 1.82) is 0 Å². The fraction of sp³-hybridized carbons (Fsp3) is 0.522. The minimum atomic E-state index is -0.601. The summed E-state index contributed by atoms with van der Waals surface area (Å²) < 4.78 is 12.3. The molecule has 3 rings (SSSR count). The molecule has 1 fully saturated rings. The number of nitrogens with zero attached hydrogens (tertiary/aromatic N) is 2. The van der Waals surface area contributed by atoms with Crippen molar-refractivity contribution < 1.29 is 23.9 Å². The Morgan fingerprint density at radius 1 is 0.967 bits per heavy atom. The van der Waals surface area contributed by atoms with Gasteiger partial charge in [0.05, 0.1) is 5.52 Å². The molecule has 2 heterocycles. The Bertz CT molecular complexity index is 978. The number of hydrogen-bond donors (Lipinski definition) is 0. The Morgan fingerprint density at radius 2 is 1.63 bits per heavy atom. The summed E-state index contributed by atoms with van der Waals surface area (Å²) in [5.41, 5.74) is -0.0701. The van der Waals surface area contributed by atoms with Crippen LogP contribution in [0.4, 0.5) is 4.79 Å². The minimum absolute atomic E-state index is 0.213. The van der Waals surface area contributed by atoms with Crippen LogP contribution in [0.15, 0.2) is 30.5 Å². The van der Waals surface area contributed by atoms with Crippen LogP contribution in [0.1, 0.15) is 64.7 Å². The summed E-state index contributed by atoms with van der Waals surface area (Å²) in [7, 11) is 0. The molecule has 1 aliphatic heterocycles. The number of benzene rings is 1. The van der Waals surface area contributed by atoms with E-state index in [9.17, 15) is 14.4 Å². The van der Waals surface area contributed by atoms with Crippen molar-refractivity contribution in [2.45, 2.75) is 71.6 Å². The first-order valence-electron chi connectivity index (χ1n) is 10.2. The molecule has 1 amide bonds. The molecule has 7 heteroatoms. The number of esters is 1. The number of amides is 1. The van der Waals surface area contributed by atoms with Gasteiger partial charge in [0, 0.05) is 23.7 Å². The van der Waals surface area contributed by atoms with Gasteiger partial charge in [-0.1, -0.05) is 0 Å². The topological polar surface area (TPSA) is 77.8 Å². The second kappa shape index (κ2) is 7.78. The summed E-state index contributed by atoms with van der Waals surface area (Å²) in [6.45, 7) is 11.4. The summed E-state index contributed by atoms with van der Waals surface area (Å²) in [6.07, 6.45) is 2.51. The van der Waals surface area contributed by atoms with Crippen molar-refractivity contribution in [2.75, 3.05) is 6.54 Å². The van der Waals surface area contributed by atoms with E-state index in [-0.39, 0.29) is 11.9 Å². The van der Waals surface area contributed by atoms with Crippen molar-refractivity contribution in [3.05, 3.63) is 36.0 Å². The molecule has 30 heavy (non-hydrogen) atoms. The Balaban J connectivity index is 1.82. The third-order valence-electron chi connectivity index (χ3n) is 4.72. The minimum Gasteiger partial charge on any atom is -0.458 e. The molecule has 2 aromatic rings. The molecule has 1 saturated heterocycles. The molecule has 1 atom stereocenters. The summed E-state index contributed by atoms with van der Waals surface area (Å²) in [5, 5.41) is 0.750. The summed E-state index contributed by atoms with van der Waals surface area (Å²) in [4.78, 5) is 39.7. The molecule has 1 aromatic carbocycles. The Hall–Kier alpha value is -2.83. The Labute approximate surface area is 176 Å². The van der Waals surface area contributed by atoms with Crippen LogP contribution >= 0.6 is 0 Å². The molecule has 0 bridgehead atoms. The van der Waals surface area contributed by atoms with Crippen molar-refractivity contribution in [3.8, 4) is 0 Å². The normalized spacial score (nSPS) is 17.3. The Morgan fingerprint density at radius 3 is 2.27 bits per heavy atom. The standard InChI is InChI=1S/C23H30N2O5/c1-22(2,3)29-20(27)18-8-7-12-24(18)19(26)16-9-10-17-15(14-16)11-13-25(17)21(28)30-23(4,5)6/h9-11,13-14,18H,7-8,12H2,1-6H3/t18-/m0/s1. The maximum Gasteiger partial charge on any atom is 0.418 e. The first kappa shape index (κ1) is 21.9. The van der Waals surface area contributed by atoms with E-state index in [1.165, 1.54) is 4.57 Å². The molecule has 0 aliphatic carbocycles. The fourth-order valence-electron chi connectivity index (χ4n) is 3.54. The van der Waals surface area contributed by atoms with Crippen LogP contribution in [0.2, 0.25) is 0 Å². The molecule has 1 aliphatic rings. The van der Waals surface area contributed by atoms with Crippen LogP contribution < -0.4 is 0 Å². The highest BCUT2D eigenvalue weighted by Crippen LogP contribution is 2.25. The Kier molecular flexibility index (Phi) is 5.67. The molecule has 0 N–H and O–H groups in total. The largest absolute Gasteiger partial charge is 0.458 e. The lowest BCUT2D eigenvalue weighted by atomic mass is 10.1. The van der Waals surface area contributed by atoms with E-state index in [1.807, 2.05) is 41.5 Å². The second-order valence-electron chi connectivity index (χ2n) is 9.63. The van der Waals surface area contributed by atoms with Crippen molar-refractivity contribution in [1.82, 2.24) is 9.47 Å². The number of likely N-dealkylation sites (tertiary alicyclic amines) is 1. The van der Waals surface area contributed by atoms with Crippen molar-refractivity contribution in [3.63, 3.8) is 0 Å². The molecular weight excluding hydrogens is 384 g/mol. The van der Waals surface area contributed by atoms with Gasteiger partial charge in [-0.25, -0.2) is 9.59 Å². The van der Waals surface area contributed by atoms with E-state index in [1.54, 1.807) is 35.4 Å². The first-order chi connectivity index (χ1) is 13.9. The van der Waals surface area contributed by atoms with Crippen LogP contribution in [0.25, 0.3) is 10.9 Å². The lowest BCUT2D eigenvalue weighted by Crippen LogP contribution is -2.43. The molecule has 162 valence electrons. The highest BCUT2D eigenvalue weighted by atomic mass is 16.6.